The fourth-order valence-electron chi connectivity index (χ4n) is 4.42. The number of unbranched alkanes of at least 4 members (excludes halogenated alkanes) is 2. The van der Waals surface area contributed by atoms with Crippen LogP contribution in [-0.2, 0) is 30.5 Å². The summed E-state index contributed by atoms with van der Waals surface area (Å²) in [7, 11) is 2.76. The van der Waals surface area contributed by atoms with Crippen molar-refractivity contribution < 1.29 is 27.4 Å². The molecule has 0 radical (unpaired) electrons. The van der Waals surface area contributed by atoms with E-state index in [0.29, 0.717) is 42.3 Å². The Bertz CT molecular complexity index is 1190. The van der Waals surface area contributed by atoms with Crippen molar-refractivity contribution >= 4 is 5.97 Å². The van der Waals surface area contributed by atoms with Gasteiger partial charge in [0.25, 0.3) is 0 Å². The zero-order chi connectivity index (χ0) is 27.7. The van der Waals surface area contributed by atoms with Gasteiger partial charge in [-0.15, -0.1) is 0 Å². The molecule has 3 rings (SSSR count). The molecular weight excluding hydrogens is 495 g/mol. The van der Waals surface area contributed by atoms with Gasteiger partial charge < -0.3 is 14.0 Å². The number of carbonyl (C=O) groups excluding carboxylic acids is 1. The number of carbonyl (C=O) groups is 1. The van der Waals surface area contributed by atoms with Gasteiger partial charge >= 0.3 is 12.1 Å². The number of imidazole rings is 1. The van der Waals surface area contributed by atoms with Crippen LogP contribution in [0.5, 0.6) is 5.75 Å². The van der Waals surface area contributed by atoms with Gasteiger partial charge in [-0.25, -0.2) is 9.78 Å². The molecule has 0 unspecified atom stereocenters. The number of benzene rings is 2. The van der Waals surface area contributed by atoms with Crippen molar-refractivity contribution in [2.24, 2.45) is 0 Å². The minimum Gasteiger partial charge on any atom is -0.496 e. The van der Waals surface area contributed by atoms with Crippen molar-refractivity contribution in [3.05, 3.63) is 71.0 Å². The molecule has 0 amide bonds. The second-order valence-corrected chi connectivity index (χ2v) is 9.19. The van der Waals surface area contributed by atoms with Crippen LogP contribution in [0.15, 0.2) is 48.5 Å². The lowest BCUT2D eigenvalue weighted by Gasteiger charge is -2.25. The van der Waals surface area contributed by atoms with Crippen LogP contribution in [-0.4, -0.2) is 41.2 Å². The van der Waals surface area contributed by atoms with Gasteiger partial charge in [-0.3, -0.25) is 4.90 Å². The van der Waals surface area contributed by atoms with E-state index in [9.17, 15) is 18.0 Å². The second-order valence-electron chi connectivity index (χ2n) is 9.19. The van der Waals surface area contributed by atoms with E-state index in [2.05, 4.69) is 4.98 Å². The molecule has 0 atom stereocenters. The van der Waals surface area contributed by atoms with Crippen molar-refractivity contribution in [3.63, 3.8) is 0 Å². The summed E-state index contributed by atoms with van der Waals surface area (Å²) in [6.07, 6.45) is -1.27. The van der Waals surface area contributed by atoms with Crippen molar-refractivity contribution in [1.82, 2.24) is 14.5 Å². The van der Waals surface area contributed by atoms with E-state index < -0.39 is 17.8 Å². The molecule has 0 saturated carbocycles. The molecule has 2 aromatic carbocycles. The van der Waals surface area contributed by atoms with Gasteiger partial charge in [0.1, 0.15) is 17.1 Å². The van der Waals surface area contributed by atoms with Crippen LogP contribution in [0.1, 0.15) is 66.8 Å². The summed E-state index contributed by atoms with van der Waals surface area (Å²) >= 11 is 0. The van der Waals surface area contributed by atoms with E-state index in [0.717, 1.165) is 31.2 Å². The topological polar surface area (TPSA) is 56.6 Å². The van der Waals surface area contributed by atoms with Crippen molar-refractivity contribution in [1.29, 1.82) is 0 Å². The SMILES string of the molecule is CCCCN(Cc1ccc(C(=O)OC)c(OC)c1)Cc1c(C(F)(F)F)nc(-c2ccccc2)n1CCCC. The van der Waals surface area contributed by atoms with E-state index in [1.54, 1.807) is 47.0 Å². The van der Waals surface area contributed by atoms with Gasteiger partial charge in [-0.2, -0.15) is 13.2 Å². The van der Waals surface area contributed by atoms with Gasteiger partial charge in [-0.1, -0.05) is 63.1 Å². The zero-order valence-electron chi connectivity index (χ0n) is 22.5. The number of methoxy groups -OCH3 is 2. The number of halogens is 3. The number of hydrogen-bond acceptors (Lipinski definition) is 5. The molecule has 0 aliphatic heterocycles. The molecule has 9 heteroatoms. The quantitative estimate of drug-likeness (QED) is 0.223. The number of esters is 1. The Morgan fingerprint density at radius 3 is 2.32 bits per heavy atom. The first kappa shape index (κ1) is 29.2. The highest BCUT2D eigenvalue weighted by Crippen LogP contribution is 2.36. The minimum atomic E-state index is -4.59. The summed E-state index contributed by atoms with van der Waals surface area (Å²) in [6.45, 7) is 5.58. The standard InChI is InChI=1S/C29H36F3N3O3/c1-5-7-16-34(19-21-14-15-23(28(36)38-4)25(18-21)37-3)20-24-26(29(30,31)32)33-27(35(24)17-8-6-2)22-12-10-9-11-13-22/h9-15,18H,5-8,16-17,19-20H2,1-4H3. The Balaban J connectivity index is 2.04. The Morgan fingerprint density at radius 1 is 1.00 bits per heavy atom. The molecule has 0 saturated heterocycles. The normalized spacial score (nSPS) is 11.7. The average Bonchev–Trinajstić information content (AvgIpc) is 3.28. The molecule has 1 heterocycles. The lowest BCUT2D eigenvalue weighted by Crippen LogP contribution is -2.27. The molecule has 38 heavy (non-hydrogen) atoms. The molecule has 0 bridgehead atoms. The van der Waals surface area contributed by atoms with Gasteiger partial charge in [0.05, 0.1) is 19.9 Å². The number of alkyl halides is 3. The van der Waals surface area contributed by atoms with Gasteiger partial charge in [-0.05, 0) is 37.1 Å². The minimum absolute atomic E-state index is 0.0828. The summed E-state index contributed by atoms with van der Waals surface area (Å²) in [6, 6.07) is 14.2. The van der Waals surface area contributed by atoms with E-state index in [1.165, 1.54) is 14.2 Å². The number of nitrogens with zero attached hydrogens (tertiary/aromatic N) is 3. The largest absolute Gasteiger partial charge is 0.496 e. The monoisotopic (exact) mass is 531 g/mol. The fourth-order valence-corrected chi connectivity index (χ4v) is 4.42. The highest BCUT2D eigenvalue weighted by molar-refractivity contribution is 5.92. The maximum Gasteiger partial charge on any atom is 0.435 e. The van der Waals surface area contributed by atoms with E-state index in [1.807, 2.05) is 24.8 Å². The molecule has 6 nitrogen and oxygen atoms in total. The maximum absolute atomic E-state index is 14.3. The summed E-state index contributed by atoms with van der Waals surface area (Å²) in [5, 5.41) is 0. The van der Waals surface area contributed by atoms with Crippen LogP contribution < -0.4 is 4.74 Å². The van der Waals surface area contributed by atoms with E-state index in [4.69, 9.17) is 9.47 Å². The summed E-state index contributed by atoms with van der Waals surface area (Å²) in [4.78, 5) is 18.2. The van der Waals surface area contributed by atoms with Gasteiger partial charge in [0, 0.05) is 25.2 Å². The third-order valence-corrected chi connectivity index (χ3v) is 6.39. The number of hydrogen-bond donors (Lipinski definition) is 0. The van der Waals surface area contributed by atoms with Gasteiger partial charge in [0.2, 0.25) is 0 Å². The highest BCUT2D eigenvalue weighted by atomic mass is 19.4. The van der Waals surface area contributed by atoms with Crippen molar-refractivity contribution in [3.8, 4) is 17.1 Å². The van der Waals surface area contributed by atoms with Crippen LogP contribution in [0, 0.1) is 0 Å². The number of aromatic nitrogens is 2. The number of ether oxygens (including phenoxy) is 2. The molecule has 3 aromatic rings. The van der Waals surface area contributed by atoms with Gasteiger partial charge in [0.15, 0.2) is 5.69 Å². The van der Waals surface area contributed by atoms with Crippen molar-refractivity contribution in [2.45, 2.75) is 65.3 Å². The molecule has 0 N–H and O–H groups in total. The summed E-state index contributed by atoms with van der Waals surface area (Å²) in [5.41, 5.74) is 1.10. The van der Waals surface area contributed by atoms with Crippen LogP contribution in [0.4, 0.5) is 13.2 Å². The van der Waals surface area contributed by atoms with Crippen LogP contribution in [0.25, 0.3) is 11.4 Å². The van der Waals surface area contributed by atoms with E-state index in [-0.39, 0.29) is 12.2 Å². The average molecular weight is 532 g/mol. The Hall–Kier alpha value is -3.33. The predicted octanol–water partition coefficient (Wildman–Crippen LogP) is 6.97. The first-order valence-corrected chi connectivity index (χ1v) is 12.9. The molecule has 0 aliphatic rings. The van der Waals surface area contributed by atoms with E-state index >= 15 is 0 Å². The highest BCUT2D eigenvalue weighted by Gasteiger charge is 2.39. The summed E-state index contributed by atoms with van der Waals surface area (Å²) in [5.74, 6) is 0.181. The molecule has 0 fully saturated rings. The number of rotatable bonds is 13. The fraction of sp³-hybridized carbons (Fsp3) is 0.448. The zero-order valence-corrected chi connectivity index (χ0v) is 22.5. The second kappa shape index (κ2) is 13.5. The lowest BCUT2D eigenvalue weighted by molar-refractivity contribution is -0.141. The molecule has 206 valence electrons. The summed E-state index contributed by atoms with van der Waals surface area (Å²) < 4.78 is 54.9. The third kappa shape index (κ3) is 7.16. The van der Waals surface area contributed by atoms with Crippen LogP contribution in [0.3, 0.4) is 0 Å². The first-order chi connectivity index (χ1) is 18.2. The lowest BCUT2D eigenvalue weighted by atomic mass is 10.1. The van der Waals surface area contributed by atoms with Crippen molar-refractivity contribution in [2.75, 3.05) is 20.8 Å². The molecule has 0 spiro atoms. The smallest absolute Gasteiger partial charge is 0.435 e. The third-order valence-electron chi connectivity index (χ3n) is 6.39. The van der Waals surface area contributed by atoms with Crippen LogP contribution >= 0.6 is 0 Å². The predicted molar refractivity (Wildman–Crippen MR) is 141 cm³/mol. The molecule has 0 aliphatic carbocycles. The molecule has 1 aromatic heterocycles. The Morgan fingerprint density at radius 2 is 1.71 bits per heavy atom. The Kier molecular flexibility index (Phi) is 10.4. The van der Waals surface area contributed by atoms with Crippen LogP contribution in [0.2, 0.25) is 0 Å². The Labute approximate surface area is 222 Å². The molecular formula is C29H36F3N3O3. The first-order valence-electron chi connectivity index (χ1n) is 12.9. The maximum atomic E-state index is 14.3.